The number of hydrogen-bond donors (Lipinski definition) is 1. The van der Waals surface area contributed by atoms with Crippen molar-refractivity contribution >= 4 is 28.5 Å². The summed E-state index contributed by atoms with van der Waals surface area (Å²) in [6.45, 7) is 1.43. The Morgan fingerprint density at radius 1 is 1.56 bits per heavy atom. The Bertz CT molecular complexity index is 405. The Balaban J connectivity index is 1.68. The van der Waals surface area contributed by atoms with Crippen LogP contribution in [0.4, 0.5) is 0 Å². The Morgan fingerprint density at radius 2 is 2.44 bits per heavy atom. The van der Waals surface area contributed by atoms with Gasteiger partial charge in [-0.3, -0.25) is 4.79 Å². The van der Waals surface area contributed by atoms with Crippen molar-refractivity contribution in [1.82, 2.24) is 5.32 Å². The van der Waals surface area contributed by atoms with Gasteiger partial charge in [-0.25, -0.2) is 0 Å². The van der Waals surface area contributed by atoms with Gasteiger partial charge in [-0.05, 0) is 53.6 Å². The zero-order valence-electron chi connectivity index (χ0n) is 10.0. The van der Waals surface area contributed by atoms with Crippen LogP contribution in [0.25, 0.3) is 0 Å². The highest BCUT2D eigenvalue weighted by atomic mass is 127. The first-order valence-electron chi connectivity index (χ1n) is 6.01. The van der Waals surface area contributed by atoms with Crippen LogP contribution in [-0.4, -0.2) is 31.8 Å². The molecule has 0 saturated carbocycles. The van der Waals surface area contributed by atoms with Crippen molar-refractivity contribution in [3.63, 3.8) is 0 Å². The van der Waals surface area contributed by atoms with Gasteiger partial charge in [0.2, 0.25) is 0 Å². The van der Waals surface area contributed by atoms with Crippen LogP contribution in [0.3, 0.4) is 0 Å². The van der Waals surface area contributed by atoms with Crippen LogP contribution in [0.1, 0.15) is 12.8 Å². The maximum atomic E-state index is 11.6. The van der Waals surface area contributed by atoms with Crippen molar-refractivity contribution in [3.8, 4) is 5.75 Å². The number of benzene rings is 1. The lowest BCUT2D eigenvalue weighted by molar-refractivity contribution is -0.123. The van der Waals surface area contributed by atoms with Gasteiger partial charge < -0.3 is 14.8 Å². The summed E-state index contributed by atoms with van der Waals surface area (Å²) < 4.78 is 11.9. The van der Waals surface area contributed by atoms with Gasteiger partial charge >= 0.3 is 0 Å². The molecule has 1 fully saturated rings. The van der Waals surface area contributed by atoms with E-state index in [1.165, 1.54) is 0 Å². The molecule has 1 saturated heterocycles. The second-order valence-corrected chi connectivity index (χ2v) is 5.43. The molecule has 0 aliphatic carbocycles. The van der Waals surface area contributed by atoms with E-state index in [1.807, 2.05) is 24.3 Å². The molecule has 98 valence electrons. The number of nitrogens with one attached hydrogen (secondary N) is 1. The molecule has 1 aromatic rings. The lowest BCUT2D eigenvalue weighted by Crippen LogP contribution is -2.35. The Morgan fingerprint density at radius 3 is 3.17 bits per heavy atom. The van der Waals surface area contributed by atoms with Crippen molar-refractivity contribution in [2.45, 2.75) is 18.9 Å². The van der Waals surface area contributed by atoms with Gasteiger partial charge in [0.1, 0.15) is 5.75 Å². The molecule has 1 amide bonds. The van der Waals surface area contributed by atoms with Gasteiger partial charge in [-0.15, -0.1) is 0 Å². The summed E-state index contributed by atoms with van der Waals surface area (Å²) in [6.07, 6.45) is 2.28. The molecule has 0 radical (unpaired) electrons. The first kappa shape index (κ1) is 13.6. The van der Waals surface area contributed by atoms with Gasteiger partial charge in [0, 0.05) is 16.7 Å². The van der Waals surface area contributed by atoms with E-state index in [4.69, 9.17) is 9.47 Å². The molecular formula is C13H16INO3. The standard InChI is InChI=1S/C13H16INO3/c14-10-3-1-4-11(7-10)18-9-13(16)15-8-12-5-2-6-17-12/h1,3-4,7,12H,2,5-6,8-9H2,(H,15,16). The monoisotopic (exact) mass is 361 g/mol. The lowest BCUT2D eigenvalue weighted by Gasteiger charge is -2.11. The Hall–Kier alpha value is -0.820. The number of rotatable bonds is 5. The number of halogens is 1. The maximum Gasteiger partial charge on any atom is 0.258 e. The largest absolute Gasteiger partial charge is 0.484 e. The van der Waals surface area contributed by atoms with Crippen LogP contribution in [0.2, 0.25) is 0 Å². The topological polar surface area (TPSA) is 47.6 Å². The minimum Gasteiger partial charge on any atom is -0.484 e. The van der Waals surface area contributed by atoms with Crippen LogP contribution in [0.5, 0.6) is 5.75 Å². The molecule has 1 aliphatic heterocycles. The number of carbonyl (C=O) groups is 1. The summed E-state index contributed by atoms with van der Waals surface area (Å²) in [5.74, 6) is 0.610. The van der Waals surface area contributed by atoms with Gasteiger partial charge in [-0.2, -0.15) is 0 Å². The molecule has 4 nitrogen and oxygen atoms in total. The highest BCUT2D eigenvalue weighted by Crippen LogP contribution is 2.14. The third kappa shape index (κ3) is 4.45. The van der Waals surface area contributed by atoms with Gasteiger partial charge in [0.05, 0.1) is 6.10 Å². The van der Waals surface area contributed by atoms with E-state index < -0.39 is 0 Å². The molecule has 1 atom stereocenters. The normalized spacial score (nSPS) is 18.6. The second kappa shape index (κ2) is 6.94. The molecule has 1 unspecified atom stereocenters. The third-order valence-electron chi connectivity index (χ3n) is 2.72. The molecule has 5 heteroatoms. The SMILES string of the molecule is O=C(COc1cccc(I)c1)NCC1CCCO1. The maximum absolute atomic E-state index is 11.6. The minimum absolute atomic E-state index is 0.0484. The van der Waals surface area contributed by atoms with Crippen molar-refractivity contribution in [3.05, 3.63) is 27.8 Å². The minimum atomic E-state index is -0.107. The average Bonchev–Trinajstić information content (AvgIpc) is 2.87. The number of amides is 1. The molecule has 1 aliphatic rings. The summed E-state index contributed by atoms with van der Waals surface area (Å²) >= 11 is 2.21. The Labute approximate surface area is 120 Å². The highest BCUT2D eigenvalue weighted by molar-refractivity contribution is 14.1. The van der Waals surface area contributed by atoms with Gasteiger partial charge in [0.15, 0.2) is 6.61 Å². The summed E-state index contributed by atoms with van der Waals surface area (Å²) in [4.78, 5) is 11.6. The van der Waals surface area contributed by atoms with E-state index in [-0.39, 0.29) is 18.6 Å². The molecule has 1 heterocycles. The molecular weight excluding hydrogens is 345 g/mol. The first-order valence-corrected chi connectivity index (χ1v) is 7.08. The molecule has 2 rings (SSSR count). The summed E-state index contributed by atoms with van der Waals surface area (Å²) in [6, 6.07) is 7.62. The second-order valence-electron chi connectivity index (χ2n) is 4.19. The zero-order chi connectivity index (χ0) is 12.8. The fourth-order valence-corrected chi connectivity index (χ4v) is 2.30. The highest BCUT2D eigenvalue weighted by Gasteiger charge is 2.16. The van der Waals surface area contributed by atoms with Crippen LogP contribution < -0.4 is 10.1 Å². The molecule has 0 bridgehead atoms. The number of ether oxygens (including phenoxy) is 2. The van der Waals surface area contributed by atoms with Crippen LogP contribution in [0, 0.1) is 3.57 Å². The predicted octanol–water partition coefficient (Wildman–Crippen LogP) is 1.97. The van der Waals surface area contributed by atoms with E-state index >= 15 is 0 Å². The number of carbonyl (C=O) groups excluding carboxylic acids is 1. The van der Waals surface area contributed by atoms with Crippen molar-refractivity contribution in [2.75, 3.05) is 19.8 Å². The smallest absolute Gasteiger partial charge is 0.258 e. The molecule has 18 heavy (non-hydrogen) atoms. The fourth-order valence-electron chi connectivity index (χ4n) is 1.79. The first-order chi connectivity index (χ1) is 8.74. The fraction of sp³-hybridized carbons (Fsp3) is 0.462. The summed E-state index contributed by atoms with van der Waals surface area (Å²) in [5.41, 5.74) is 0. The van der Waals surface area contributed by atoms with Crippen LogP contribution in [0.15, 0.2) is 24.3 Å². The quantitative estimate of drug-likeness (QED) is 0.816. The van der Waals surface area contributed by atoms with Crippen molar-refractivity contribution in [1.29, 1.82) is 0 Å². The molecule has 1 N–H and O–H groups in total. The van der Waals surface area contributed by atoms with E-state index in [0.717, 1.165) is 23.0 Å². The van der Waals surface area contributed by atoms with E-state index in [2.05, 4.69) is 27.9 Å². The van der Waals surface area contributed by atoms with Crippen LogP contribution >= 0.6 is 22.6 Å². The predicted molar refractivity (Wildman–Crippen MR) is 76.6 cm³/mol. The van der Waals surface area contributed by atoms with Gasteiger partial charge in [-0.1, -0.05) is 6.07 Å². The van der Waals surface area contributed by atoms with E-state index in [1.54, 1.807) is 0 Å². The number of hydrogen-bond acceptors (Lipinski definition) is 3. The van der Waals surface area contributed by atoms with Crippen molar-refractivity contribution in [2.24, 2.45) is 0 Å². The molecule has 1 aromatic carbocycles. The summed E-state index contributed by atoms with van der Waals surface area (Å²) in [7, 11) is 0. The van der Waals surface area contributed by atoms with E-state index in [0.29, 0.717) is 12.3 Å². The molecule has 0 spiro atoms. The van der Waals surface area contributed by atoms with E-state index in [9.17, 15) is 4.79 Å². The Kier molecular flexibility index (Phi) is 5.25. The van der Waals surface area contributed by atoms with Gasteiger partial charge in [0.25, 0.3) is 5.91 Å². The summed E-state index contributed by atoms with van der Waals surface area (Å²) in [5, 5.41) is 2.82. The average molecular weight is 361 g/mol. The van der Waals surface area contributed by atoms with Crippen molar-refractivity contribution < 1.29 is 14.3 Å². The zero-order valence-corrected chi connectivity index (χ0v) is 12.2. The van der Waals surface area contributed by atoms with Crippen LogP contribution in [-0.2, 0) is 9.53 Å². The third-order valence-corrected chi connectivity index (χ3v) is 3.39. The lowest BCUT2D eigenvalue weighted by atomic mass is 10.2. The molecule has 0 aromatic heterocycles.